The smallest absolute Gasteiger partial charge is 1.00 e. The van der Waals surface area contributed by atoms with E-state index < -0.39 is 8.07 Å². The average Bonchev–Trinajstić information content (AvgIpc) is 1.30. The van der Waals surface area contributed by atoms with E-state index in [1.807, 2.05) is 0 Å². The fourth-order valence-corrected chi connectivity index (χ4v) is 1.01. The standard InChI is InChI=1S/C5H14OSi.Li.H/c1-7(2,3)5-4-6;;/h6H,4-5H2,1-3H3;;/q;+1;-1. The topological polar surface area (TPSA) is 20.2 Å². The Bertz CT molecular complexity index is 55.4. The van der Waals surface area contributed by atoms with Gasteiger partial charge in [-0.25, -0.2) is 0 Å². The molecule has 0 aromatic rings. The van der Waals surface area contributed by atoms with E-state index in [2.05, 4.69) is 19.6 Å². The van der Waals surface area contributed by atoms with Gasteiger partial charge in [0.25, 0.3) is 0 Å². The SMILES string of the molecule is C[Si](C)(C)CCO.[H-].[Li+]. The van der Waals surface area contributed by atoms with E-state index in [1.165, 1.54) is 0 Å². The molecule has 0 rings (SSSR count). The zero-order chi connectivity index (χ0) is 5.91. The summed E-state index contributed by atoms with van der Waals surface area (Å²) in [5, 5.41) is 8.44. The Labute approximate surface area is 66.2 Å². The molecule has 0 aliphatic carbocycles. The molecule has 0 aromatic heterocycles. The van der Waals surface area contributed by atoms with Gasteiger partial charge in [0.1, 0.15) is 0 Å². The Balaban J connectivity index is -0.000000180. The number of hydrogen-bond acceptors (Lipinski definition) is 1. The molecule has 0 bridgehead atoms. The second-order valence-corrected chi connectivity index (χ2v) is 8.66. The summed E-state index contributed by atoms with van der Waals surface area (Å²) in [4.78, 5) is 0. The van der Waals surface area contributed by atoms with Gasteiger partial charge in [-0.15, -0.1) is 0 Å². The van der Waals surface area contributed by atoms with Crippen molar-refractivity contribution in [1.82, 2.24) is 0 Å². The van der Waals surface area contributed by atoms with Crippen LogP contribution in [-0.4, -0.2) is 19.8 Å². The zero-order valence-electron chi connectivity index (χ0n) is 7.36. The van der Waals surface area contributed by atoms with Crippen molar-refractivity contribution in [3.8, 4) is 0 Å². The van der Waals surface area contributed by atoms with E-state index >= 15 is 0 Å². The van der Waals surface area contributed by atoms with Gasteiger partial charge >= 0.3 is 18.9 Å². The van der Waals surface area contributed by atoms with Crippen LogP contribution >= 0.6 is 0 Å². The Morgan fingerprint density at radius 1 is 1.38 bits per heavy atom. The number of rotatable bonds is 2. The quantitative estimate of drug-likeness (QED) is 0.443. The Hall–Kier alpha value is 0.774. The van der Waals surface area contributed by atoms with Crippen LogP contribution in [0.1, 0.15) is 1.43 Å². The van der Waals surface area contributed by atoms with Crippen LogP contribution in [0, 0.1) is 0 Å². The minimum Gasteiger partial charge on any atom is -1.00 e. The third kappa shape index (κ3) is 9.91. The maximum Gasteiger partial charge on any atom is 1.00 e. The molecule has 0 aliphatic rings. The summed E-state index contributed by atoms with van der Waals surface area (Å²) in [6.45, 7) is 7.13. The van der Waals surface area contributed by atoms with Crippen molar-refractivity contribution in [3.05, 3.63) is 0 Å². The minimum atomic E-state index is -0.907. The predicted molar refractivity (Wildman–Crippen MR) is 36.4 cm³/mol. The molecule has 0 amide bonds. The van der Waals surface area contributed by atoms with Gasteiger partial charge in [0, 0.05) is 14.7 Å². The van der Waals surface area contributed by atoms with Gasteiger partial charge in [0.05, 0.1) is 0 Å². The minimum absolute atomic E-state index is 0. The Morgan fingerprint density at radius 2 is 1.75 bits per heavy atom. The van der Waals surface area contributed by atoms with Crippen LogP contribution in [0.5, 0.6) is 0 Å². The molecule has 0 unspecified atom stereocenters. The molecule has 0 aromatic carbocycles. The van der Waals surface area contributed by atoms with Gasteiger partial charge in [0.2, 0.25) is 0 Å². The van der Waals surface area contributed by atoms with E-state index in [-0.39, 0.29) is 20.3 Å². The molecule has 0 saturated heterocycles. The summed E-state index contributed by atoms with van der Waals surface area (Å²) >= 11 is 0. The third-order valence-corrected chi connectivity index (χ3v) is 2.59. The molecule has 0 aliphatic heterocycles. The first-order valence-corrected chi connectivity index (χ1v) is 6.38. The fourth-order valence-electron chi connectivity index (χ4n) is 0.335. The van der Waals surface area contributed by atoms with Gasteiger partial charge in [-0.1, -0.05) is 19.6 Å². The van der Waals surface area contributed by atoms with E-state index in [4.69, 9.17) is 5.11 Å². The third-order valence-electron chi connectivity index (χ3n) is 0.862. The summed E-state index contributed by atoms with van der Waals surface area (Å²) in [5.74, 6) is 0. The van der Waals surface area contributed by atoms with Crippen LogP contribution in [0.2, 0.25) is 25.7 Å². The zero-order valence-corrected chi connectivity index (χ0v) is 7.36. The van der Waals surface area contributed by atoms with Crippen LogP contribution in [0.25, 0.3) is 0 Å². The van der Waals surface area contributed by atoms with Gasteiger partial charge in [-0.05, 0) is 6.04 Å². The van der Waals surface area contributed by atoms with Crippen molar-refractivity contribution in [3.63, 3.8) is 0 Å². The molecule has 0 saturated carbocycles. The Kier molecular flexibility index (Phi) is 6.69. The van der Waals surface area contributed by atoms with Gasteiger partial charge < -0.3 is 6.53 Å². The van der Waals surface area contributed by atoms with E-state index in [9.17, 15) is 0 Å². The molecule has 46 valence electrons. The molecule has 0 atom stereocenters. The van der Waals surface area contributed by atoms with Crippen LogP contribution in [0.15, 0.2) is 0 Å². The van der Waals surface area contributed by atoms with Crippen molar-refractivity contribution in [2.45, 2.75) is 25.7 Å². The van der Waals surface area contributed by atoms with Crippen molar-refractivity contribution >= 4 is 8.07 Å². The molecule has 0 heterocycles. The van der Waals surface area contributed by atoms with E-state index in [0.29, 0.717) is 6.61 Å². The van der Waals surface area contributed by atoms with Crippen molar-refractivity contribution in [2.75, 3.05) is 6.61 Å². The molecule has 1 N–H and O–H groups in total. The predicted octanol–water partition coefficient (Wildman–Crippen LogP) is -1.57. The largest absolute Gasteiger partial charge is 1.00 e. The summed E-state index contributed by atoms with van der Waals surface area (Å²) in [6, 6.07) is 1.03. The first-order chi connectivity index (χ1) is 3.06. The first-order valence-electron chi connectivity index (χ1n) is 2.67. The summed E-state index contributed by atoms with van der Waals surface area (Å²) < 4.78 is 0. The van der Waals surface area contributed by atoms with Crippen LogP contribution in [0.3, 0.4) is 0 Å². The van der Waals surface area contributed by atoms with Crippen LogP contribution in [-0.2, 0) is 0 Å². The maximum absolute atomic E-state index is 8.44. The van der Waals surface area contributed by atoms with Crippen LogP contribution < -0.4 is 18.9 Å². The normalized spacial score (nSPS) is 10.5. The van der Waals surface area contributed by atoms with Gasteiger partial charge in [0.15, 0.2) is 0 Å². The Morgan fingerprint density at radius 3 is 1.75 bits per heavy atom. The number of hydrogen-bond donors (Lipinski definition) is 1. The summed E-state index contributed by atoms with van der Waals surface area (Å²) in [5.41, 5.74) is 0. The molecule has 0 fully saturated rings. The maximum atomic E-state index is 8.44. The molecular formula is C5H15LiOSi. The summed E-state index contributed by atoms with van der Waals surface area (Å²) in [7, 11) is -0.907. The average molecular weight is 126 g/mol. The fraction of sp³-hybridized carbons (Fsp3) is 1.00. The van der Waals surface area contributed by atoms with Crippen LogP contribution in [0.4, 0.5) is 0 Å². The van der Waals surface area contributed by atoms with E-state index in [1.54, 1.807) is 0 Å². The van der Waals surface area contributed by atoms with Crippen molar-refractivity contribution in [2.24, 2.45) is 0 Å². The molecular weight excluding hydrogens is 111 g/mol. The number of aliphatic hydroxyl groups is 1. The second kappa shape index (κ2) is 4.63. The molecule has 0 radical (unpaired) electrons. The van der Waals surface area contributed by atoms with Crippen molar-refractivity contribution in [1.29, 1.82) is 0 Å². The molecule has 0 spiro atoms. The molecule has 3 heteroatoms. The monoisotopic (exact) mass is 126 g/mol. The molecule has 8 heavy (non-hydrogen) atoms. The first kappa shape index (κ1) is 11.6. The van der Waals surface area contributed by atoms with E-state index in [0.717, 1.165) is 6.04 Å². The summed E-state index contributed by atoms with van der Waals surface area (Å²) in [6.07, 6.45) is 0. The van der Waals surface area contributed by atoms with Gasteiger partial charge in [-0.2, -0.15) is 0 Å². The number of aliphatic hydroxyl groups excluding tert-OH is 1. The second-order valence-electron chi connectivity index (χ2n) is 3.03. The van der Waals surface area contributed by atoms with Gasteiger partial charge in [-0.3, -0.25) is 0 Å². The molecule has 1 nitrogen and oxygen atoms in total. The van der Waals surface area contributed by atoms with Crippen molar-refractivity contribution < 1.29 is 25.4 Å².